The van der Waals surface area contributed by atoms with Crippen molar-refractivity contribution >= 4 is 5.69 Å². The van der Waals surface area contributed by atoms with Crippen LogP contribution in [-0.2, 0) is 9.47 Å². The number of methoxy groups -OCH3 is 1. The predicted molar refractivity (Wildman–Crippen MR) is 59.3 cm³/mol. The van der Waals surface area contributed by atoms with Crippen LogP contribution in [0.15, 0.2) is 24.3 Å². The summed E-state index contributed by atoms with van der Waals surface area (Å²) in [5.74, 6) is 0.264. The van der Waals surface area contributed by atoms with E-state index in [2.05, 4.69) is 5.32 Å². The highest BCUT2D eigenvalue weighted by atomic mass is 16.5. The Labute approximate surface area is 89.8 Å². The Bertz CT molecular complexity index is 278. The molecule has 0 aliphatic carbocycles. The number of ether oxygens (including phenoxy) is 2. The van der Waals surface area contributed by atoms with Crippen molar-refractivity contribution in [2.24, 2.45) is 0 Å². The molecule has 0 unspecified atom stereocenters. The predicted octanol–water partition coefficient (Wildman–Crippen LogP) is 1.47. The molecule has 0 bridgehead atoms. The van der Waals surface area contributed by atoms with E-state index in [1.54, 1.807) is 25.3 Å². The van der Waals surface area contributed by atoms with Crippen LogP contribution in [0, 0.1) is 0 Å². The van der Waals surface area contributed by atoms with E-state index in [1.807, 2.05) is 6.07 Å². The van der Waals surface area contributed by atoms with Gasteiger partial charge in [-0.25, -0.2) is 0 Å². The maximum atomic E-state index is 9.20. The van der Waals surface area contributed by atoms with Crippen LogP contribution < -0.4 is 5.32 Å². The highest BCUT2D eigenvalue weighted by molar-refractivity contribution is 5.47. The SMILES string of the molecule is COCCOCCNc1cccc(O)c1. The molecule has 0 spiro atoms. The molecule has 0 fully saturated rings. The number of phenols is 1. The summed E-state index contributed by atoms with van der Waals surface area (Å²) in [5.41, 5.74) is 0.894. The van der Waals surface area contributed by atoms with E-state index >= 15 is 0 Å². The minimum absolute atomic E-state index is 0.264. The highest BCUT2D eigenvalue weighted by Gasteiger charge is 1.93. The lowest BCUT2D eigenvalue weighted by atomic mass is 10.3. The minimum atomic E-state index is 0.264. The fourth-order valence-corrected chi connectivity index (χ4v) is 1.13. The normalized spacial score (nSPS) is 10.2. The second-order valence-electron chi connectivity index (χ2n) is 3.08. The van der Waals surface area contributed by atoms with Crippen LogP contribution in [0.25, 0.3) is 0 Å². The van der Waals surface area contributed by atoms with Crippen molar-refractivity contribution in [1.29, 1.82) is 0 Å². The molecule has 1 aromatic rings. The summed E-state index contributed by atoms with van der Waals surface area (Å²) in [6.07, 6.45) is 0. The first-order valence-electron chi connectivity index (χ1n) is 4.92. The molecule has 15 heavy (non-hydrogen) atoms. The number of benzene rings is 1. The summed E-state index contributed by atoms with van der Waals surface area (Å²) >= 11 is 0. The number of phenolic OH excluding ortho intramolecular Hbond substituents is 1. The molecule has 2 N–H and O–H groups in total. The van der Waals surface area contributed by atoms with Crippen LogP contribution in [0.4, 0.5) is 5.69 Å². The lowest BCUT2D eigenvalue weighted by Crippen LogP contribution is -2.11. The van der Waals surface area contributed by atoms with Crippen molar-refractivity contribution in [2.45, 2.75) is 0 Å². The van der Waals surface area contributed by atoms with Crippen molar-refractivity contribution in [2.75, 3.05) is 38.8 Å². The molecule has 0 aromatic heterocycles. The third kappa shape index (κ3) is 5.24. The zero-order valence-corrected chi connectivity index (χ0v) is 8.90. The van der Waals surface area contributed by atoms with Gasteiger partial charge in [0, 0.05) is 25.4 Å². The molecule has 0 atom stereocenters. The maximum absolute atomic E-state index is 9.20. The van der Waals surface area contributed by atoms with Gasteiger partial charge in [-0.1, -0.05) is 6.07 Å². The fourth-order valence-electron chi connectivity index (χ4n) is 1.13. The van der Waals surface area contributed by atoms with Gasteiger partial charge in [-0.05, 0) is 12.1 Å². The molecule has 0 aliphatic heterocycles. The largest absolute Gasteiger partial charge is 0.508 e. The van der Waals surface area contributed by atoms with Gasteiger partial charge in [0.05, 0.1) is 19.8 Å². The van der Waals surface area contributed by atoms with Crippen LogP contribution in [0.2, 0.25) is 0 Å². The van der Waals surface area contributed by atoms with Gasteiger partial charge in [-0.2, -0.15) is 0 Å². The molecular formula is C11H17NO3. The van der Waals surface area contributed by atoms with E-state index in [9.17, 15) is 5.11 Å². The molecule has 0 heterocycles. The number of hydrogen-bond donors (Lipinski definition) is 2. The van der Waals surface area contributed by atoms with E-state index in [0.29, 0.717) is 26.4 Å². The minimum Gasteiger partial charge on any atom is -0.508 e. The molecule has 0 saturated carbocycles. The van der Waals surface area contributed by atoms with E-state index in [-0.39, 0.29) is 5.75 Å². The molecule has 0 aliphatic rings. The van der Waals surface area contributed by atoms with Crippen LogP contribution >= 0.6 is 0 Å². The van der Waals surface area contributed by atoms with Crippen LogP contribution in [0.1, 0.15) is 0 Å². The Morgan fingerprint density at radius 2 is 2.13 bits per heavy atom. The quantitative estimate of drug-likeness (QED) is 0.670. The topological polar surface area (TPSA) is 50.7 Å². The molecule has 4 heteroatoms. The van der Waals surface area contributed by atoms with Crippen molar-refractivity contribution in [3.05, 3.63) is 24.3 Å². The van der Waals surface area contributed by atoms with Crippen molar-refractivity contribution in [1.82, 2.24) is 0 Å². The summed E-state index contributed by atoms with van der Waals surface area (Å²) in [7, 11) is 1.65. The average molecular weight is 211 g/mol. The number of anilines is 1. The van der Waals surface area contributed by atoms with Gasteiger partial charge in [0.15, 0.2) is 0 Å². The summed E-state index contributed by atoms with van der Waals surface area (Å²) in [6.45, 7) is 2.57. The second-order valence-corrected chi connectivity index (χ2v) is 3.08. The standard InChI is InChI=1S/C11H17NO3/c1-14-7-8-15-6-5-12-10-3-2-4-11(13)9-10/h2-4,9,12-13H,5-8H2,1H3. The van der Waals surface area contributed by atoms with E-state index in [0.717, 1.165) is 5.69 Å². The van der Waals surface area contributed by atoms with Gasteiger partial charge >= 0.3 is 0 Å². The van der Waals surface area contributed by atoms with Crippen LogP contribution in [-0.4, -0.2) is 38.6 Å². The molecule has 4 nitrogen and oxygen atoms in total. The third-order valence-electron chi connectivity index (χ3n) is 1.85. The summed E-state index contributed by atoms with van der Waals surface area (Å²) in [6, 6.07) is 7.01. The summed E-state index contributed by atoms with van der Waals surface area (Å²) in [5, 5.41) is 12.3. The molecular weight excluding hydrogens is 194 g/mol. The van der Waals surface area contributed by atoms with Crippen LogP contribution in [0.3, 0.4) is 0 Å². The molecule has 0 amide bonds. The van der Waals surface area contributed by atoms with E-state index in [4.69, 9.17) is 9.47 Å². The zero-order valence-electron chi connectivity index (χ0n) is 8.90. The average Bonchev–Trinajstić information content (AvgIpc) is 2.23. The van der Waals surface area contributed by atoms with Gasteiger partial charge in [0.2, 0.25) is 0 Å². The Kier molecular flexibility index (Phi) is 5.58. The molecule has 1 aromatic carbocycles. The summed E-state index contributed by atoms with van der Waals surface area (Å²) < 4.78 is 10.1. The lowest BCUT2D eigenvalue weighted by Gasteiger charge is -2.07. The number of nitrogens with one attached hydrogen (secondary N) is 1. The first-order valence-corrected chi connectivity index (χ1v) is 4.92. The number of aromatic hydroxyl groups is 1. The van der Waals surface area contributed by atoms with Crippen LogP contribution in [0.5, 0.6) is 5.75 Å². The Hall–Kier alpha value is -1.26. The van der Waals surface area contributed by atoms with Crippen molar-refractivity contribution < 1.29 is 14.6 Å². The van der Waals surface area contributed by atoms with Gasteiger partial charge in [0.1, 0.15) is 5.75 Å². The van der Waals surface area contributed by atoms with Gasteiger partial charge in [-0.3, -0.25) is 0 Å². The van der Waals surface area contributed by atoms with Gasteiger partial charge < -0.3 is 19.9 Å². The smallest absolute Gasteiger partial charge is 0.117 e. The zero-order chi connectivity index (χ0) is 10.9. The molecule has 1 rings (SSSR count). The summed E-state index contributed by atoms with van der Waals surface area (Å²) in [4.78, 5) is 0. The van der Waals surface area contributed by atoms with Gasteiger partial charge in [0.25, 0.3) is 0 Å². The van der Waals surface area contributed by atoms with E-state index in [1.165, 1.54) is 0 Å². The molecule has 0 radical (unpaired) electrons. The van der Waals surface area contributed by atoms with Crippen molar-refractivity contribution in [3.8, 4) is 5.75 Å². The monoisotopic (exact) mass is 211 g/mol. The Morgan fingerprint density at radius 3 is 2.87 bits per heavy atom. The Balaban J connectivity index is 2.10. The van der Waals surface area contributed by atoms with Gasteiger partial charge in [-0.15, -0.1) is 0 Å². The highest BCUT2D eigenvalue weighted by Crippen LogP contribution is 2.14. The molecule has 84 valence electrons. The third-order valence-corrected chi connectivity index (χ3v) is 1.85. The molecule has 0 saturated heterocycles. The van der Waals surface area contributed by atoms with Crippen molar-refractivity contribution in [3.63, 3.8) is 0 Å². The van der Waals surface area contributed by atoms with E-state index < -0.39 is 0 Å². The lowest BCUT2D eigenvalue weighted by molar-refractivity contribution is 0.0759. The Morgan fingerprint density at radius 1 is 1.27 bits per heavy atom. The second kappa shape index (κ2) is 7.09. The number of hydrogen-bond acceptors (Lipinski definition) is 4. The number of rotatable bonds is 7. The first-order chi connectivity index (χ1) is 7.33. The fraction of sp³-hybridized carbons (Fsp3) is 0.455. The first kappa shape index (κ1) is 11.8. The maximum Gasteiger partial charge on any atom is 0.117 e.